The number of carbonyl (C=O) groups is 3. The Bertz CT molecular complexity index is 766. The van der Waals surface area contributed by atoms with E-state index in [-0.39, 0.29) is 11.9 Å². The molecule has 2 atom stereocenters. The molecule has 1 aromatic rings. The normalized spacial score (nSPS) is 23.5. The zero-order valence-corrected chi connectivity index (χ0v) is 17.5. The van der Waals surface area contributed by atoms with Crippen LogP contribution in [0.4, 0.5) is 0 Å². The van der Waals surface area contributed by atoms with Crippen LogP contribution in [0.25, 0.3) is 0 Å². The van der Waals surface area contributed by atoms with Gasteiger partial charge in [0.1, 0.15) is 0 Å². The van der Waals surface area contributed by atoms with Crippen molar-refractivity contribution < 1.29 is 29.3 Å². The molecule has 164 valence electrons. The number of carbonyl (C=O) groups excluding carboxylic acids is 1. The van der Waals surface area contributed by atoms with Gasteiger partial charge in [-0.25, -0.2) is 9.59 Å². The second kappa shape index (κ2) is 10.7. The number of ether oxygens (including phenoxy) is 1. The fraction of sp³-hybridized carbons (Fsp3) is 0.571. The Morgan fingerprint density at radius 1 is 1.10 bits per heavy atom. The molecule has 2 saturated carbocycles. The summed E-state index contributed by atoms with van der Waals surface area (Å²) in [5, 5.41) is 24.4. The van der Waals surface area contributed by atoms with Crippen molar-refractivity contribution in [2.75, 3.05) is 19.8 Å². The average Bonchev–Trinajstić information content (AvgIpc) is 3.64. The van der Waals surface area contributed by atoms with Crippen molar-refractivity contribution in [2.45, 2.75) is 50.1 Å². The summed E-state index contributed by atoms with van der Waals surface area (Å²) in [4.78, 5) is 32.8. The smallest absolute Gasteiger partial charge is 0.328 e. The number of nitrogens with one attached hydrogen (secondary N) is 2. The first-order valence-corrected chi connectivity index (χ1v) is 11.1. The van der Waals surface area contributed by atoms with Gasteiger partial charge in [-0.15, -0.1) is 11.3 Å². The molecule has 8 nitrogen and oxygen atoms in total. The molecule has 0 unspecified atom stereocenters. The summed E-state index contributed by atoms with van der Waals surface area (Å²) in [5.74, 6) is -0.865. The van der Waals surface area contributed by atoms with Crippen molar-refractivity contribution in [3.8, 4) is 0 Å². The van der Waals surface area contributed by atoms with E-state index in [4.69, 9.17) is 14.9 Å². The topological polar surface area (TPSA) is 125 Å². The van der Waals surface area contributed by atoms with Gasteiger partial charge in [-0.1, -0.05) is 0 Å². The molecule has 4 rings (SSSR count). The van der Waals surface area contributed by atoms with E-state index < -0.39 is 11.9 Å². The largest absolute Gasteiger partial charge is 0.478 e. The first-order valence-electron chi connectivity index (χ1n) is 10.3. The van der Waals surface area contributed by atoms with Crippen molar-refractivity contribution in [1.82, 2.24) is 10.6 Å². The van der Waals surface area contributed by atoms with Gasteiger partial charge in [-0.3, -0.25) is 4.79 Å². The monoisotopic (exact) mass is 436 g/mol. The second-order valence-electron chi connectivity index (χ2n) is 7.91. The van der Waals surface area contributed by atoms with Gasteiger partial charge in [0.15, 0.2) is 0 Å². The van der Waals surface area contributed by atoms with Gasteiger partial charge in [-0.2, -0.15) is 0 Å². The third-order valence-corrected chi connectivity index (χ3v) is 6.39. The third kappa shape index (κ3) is 7.55. The van der Waals surface area contributed by atoms with Crippen molar-refractivity contribution in [3.63, 3.8) is 0 Å². The van der Waals surface area contributed by atoms with E-state index in [0.717, 1.165) is 37.5 Å². The fourth-order valence-corrected chi connectivity index (χ4v) is 4.36. The SMILES string of the molecule is O=C(NC1CCOCC1)c1csc([C@@H]2C[C@H]2NCC2CC2)c1.O=C(O)C=CC(=O)O. The summed E-state index contributed by atoms with van der Waals surface area (Å²) in [6.07, 6.45) is 7.01. The molecule has 1 amide bonds. The molecule has 2 aliphatic carbocycles. The Hall–Kier alpha value is -2.23. The Labute approximate surface area is 179 Å². The molecule has 0 aromatic carbocycles. The van der Waals surface area contributed by atoms with E-state index in [9.17, 15) is 14.4 Å². The lowest BCUT2D eigenvalue weighted by Gasteiger charge is -2.22. The van der Waals surface area contributed by atoms with Gasteiger partial charge in [-0.05, 0) is 50.6 Å². The predicted molar refractivity (Wildman–Crippen MR) is 112 cm³/mol. The van der Waals surface area contributed by atoms with Crippen molar-refractivity contribution in [1.29, 1.82) is 0 Å². The van der Waals surface area contributed by atoms with E-state index in [1.165, 1.54) is 30.7 Å². The molecule has 3 aliphatic rings. The Morgan fingerprint density at radius 2 is 1.77 bits per heavy atom. The molecule has 30 heavy (non-hydrogen) atoms. The number of thiophene rings is 1. The van der Waals surface area contributed by atoms with Crippen LogP contribution < -0.4 is 10.6 Å². The number of carboxylic acids is 2. The van der Waals surface area contributed by atoms with Crippen LogP contribution in [-0.4, -0.2) is 59.9 Å². The molecule has 1 aromatic heterocycles. The summed E-state index contributed by atoms with van der Waals surface area (Å²) in [5.41, 5.74) is 0.833. The summed E-state index contributed by atoms with van der Waals surface area (Å²) in [6.45, 7) is 2.70. The number of aliphatic carboxylic acids is 2. The zero-order valence-electron chi connectivity index (χ0n) is 16.7. The summed E-state index contributed by atoms with van der Waals surface area (Å²) in [7, 11) is 0. The van der Waals surface area contributed by atoms with Gasteiger partial charge in [0, 0.05) is 53.6 Å². The van der Waals surface area contributed by atoms with Gasteiger partial charge < -0.3 is 25.6 Å². The van der Waals surface area contributed by atoms with Gasteiger partial charge in [0.2, 0.25) is 0 Å². The first-order chi connectivity index (χ1) is 14.4. The number of carboxylic acid groups (broad SMARTS) is 2. The number of rotatable bonds is 8. The Balaban J connectivity index is 0.000000275. The molecule has 0 radical (unpaired) electrons. The minimum absolute atomic E-state index is 0.0811. The molecule has 1 saturated heterocycles. The van der Waals surface area contributed by atoms with Crippen LogP contribution in [0.5, 0.6) is 0 Å². The van der Waals surface area contributed by atoms with E-state index in [2.05, 4.69) is 16.7 Å². The van der Waals surface area contributed by atoms with Crippen LogP contribution in [0.1, 0.15) is 53.3 Å². The second-order valence-corrected chi connectivity index (χ2v) is 8.85. The van der Waals surface area contributed by atoms with E-state index >= 15 is 0 Å². The first kappa shape index (κ1) is 22.5. The quantitative estimate of drug-likeness (QED) is 0.461. The highest BCUT2D eigenvalue weighted by molar-refractivity contribution is 7.10. The summed E-state index contributed by atoms with van der Waals surface area (Å²) < 4.78 is 5.33. The maximum Gasteiger partial charge on any atom is 0.328 e. The molecule has 4 N–H and O–H groups in total. The lowest BCUT2D eigenvalue weighted by atomic mass is 10.1. The fourth-order valence-electron chi connectivity index (χ4n) is 3.29. The van der Waals surface area contributed by atoms with Crippen LogP contribution >= 0.6 is 11.3 Å². The third-order valence-electron chi connectivity index (χ3n) is 5.33. The van der Waals surface area contributed by atoms with Crippen molar-refractivity contribution in [3.05, 3.63) is 34.0 Å². The van der Waals surface area contributed by atoms with Gasteiger partial charge >= 0.3 is 11.9 Å². The molecule has 1 aliphatic heterocycles. The van der Waals surface area contributed by atoms with E-state index in [0.29, 0.717) is 24.1 Å². The van der Waals surface area contributed by atoms with Crippen LogP contribution in [-0.2, 0) is 14.3 Å². The predicted octanol–water partition coefficient (Wildman–Crippen LogP) is 2.22. The molecule has 3 fully saturated rings. The van der Waals surface area contributed by atoms with Gasteiger partial charge in [0.05, 0.1) is 5.56 Å². The molecular weight excluding hydrogens is 408 g/mol. The molecule has 0 spiro atoms. The molecular formula is C21H28N2O6S. The van der Waals surface area contributed by atoms with Gasteiger partial charge in [0.25, 0.3) is 5.91 Å². The zero-order chi connectivity index (χ0) is 21.5. The summed E-state index contributed by atoms with van der Waals surface area (Å²) >= 11 is 1.74. The standard InChI is InChI=1S/C17H24N2O2S.C4H4O4/c20-17(19-13-3-5-21-6-4-13)12-7-16(22-10-12)14-8-15(14)18-9-11-1-2-11;5-3(6)1-2-4(7)8/h7,10-11,13-15,18H,1-6,8-9H2,(H,19,20);1-2H,(H,5,6)(H,7,8)/t14-,15-;/m1./s1. The lowest BCUT2D eigenvalue weighted by Crippen LogP contribution is -2.38. The molecule has 2 heterocycles. The maximum absolute atomic E-state index is 12.3. The van der Waals surface area contributed by atoms with Crippen molar-refractivity contribution >= 4 is 29.2 Å². The molecule has 9 heteroatoms. The van der Waals surface area contributed by atoms with E-state index in [1.54, 1.807) is 11.3 Å². The van der Waals surface area contributed by atoms with Crippen LogP contribution in [0, 0.1) is 5.92 Å². The summed E-state index contributed by atoms with van der Waals surface area (Å²) in [6, 6.07) is 3.02. The number of hydrogen-bond donors (Lipinski definition) is 4. The lowest BCUT2D eigenvalue weighted by molar-refractivity contribution is -0.134. The number of amides is 1. The van der Waals surface area contributed by atoms with Crippen LogP contribution in [0.3, 0.4) is 0 Å². The average molecular weight is 437 g/mol. The maximum atomic E-state index is 12.3. The highest BCUT2D eigenvalue weighted by Gasteiger charge is 2.40. The minimum Gasteiger partial charge on any atom is -0.478 e. The molecule has 0 bridgehead atoms. The highest BCUT2D eigenvalue weighted by atomic mass is 32.1. The number of hydrogen-bond acceptors (Lipinski definition) is 6. The van der Waals surface area contributed by atoms with Crippen LogP contribution in [0.2, 0.25) is 0 Å². The Kier molecular flexibility index (Phi) is 8.01. The van der Waals surface area contributed by atoms with E-state index in [1.807, 2.05) is 5.38 Å². The minimum atomic E-state index is -1.26. The Morgan fingerprint density at radius 3 is 2.37 bits per heavy atom. The van der Waals surface area contributed by atoms with Crippen LogP contribution in [0.15, 0.2) is 23.6 Å². The highest BCUT2D eigenvalue weighted by Crippen LogP contribution is 2.44. The van der Waals surface area contributed by atoms with Crippen molar-refractivity contribution in [2.24, 2.45) is 5.92 Å².